The van der Waals surface area contributed by atoms with Crippen LogP contribution in [0.3, 0.4) is 0 Å². The molecule has 0 amide bonds. The van der Waals surface area contributed by atoms with E-state index in [1.54, 1.807) is 0 Å². The molecule has 0 N–H and O–H groups in total. The number of fused-ring (bicyclic) bond motifs is 9. The monoisotopic (exact) mass is 699 g/mol. The Labute approximate surface area is 318 Å². The van der Waals surface area contributed by atoms with E-state index in [4.69, 9.17) is 9.97 Å². The van der Waals surface area contributed by atoms with E-state index in [9.17, 15) is 0 Å². The summed E-state index contributed by atoms with van der Waals surface area (Å²) in [5.41, 5.74) is 10.6. The summed E-state index contributed by atoms with van der Waals surface area (Å²) in [5.74, 6) is 0.705. The average Bonchev–Trinajstić information content (AvgIpc) is 3.61. The maximum absolute atomic E-state index is 5.30. The van der Waals surface area contributed by atoms with Crippen molar-refractivity contribution in [2.75, 3.05) is 0 Å². The summed E-state index contributed by atoms with van der Waals surface area (Å²) in [7, 11) is 0. The summed E-state index contributed by atoms with van der Waals surface area (Å²) in [4.78, 5) is 10.4. The van der Waals surface area contributed by atoms with Crippen molar-refractivity contribution >= 4 is 54.1 Å². The van der Waals surface area contributed by atoms with E-state index >= 15 is 0 Å². The number of hydrogen-bond donors (Lipinski definition) is 0. The molecule has 0 saturated carbocycles. The van der Waals surface area contributed by atoms with E-state index in [0.29, 0.717) is 5.82 Å². The van der Waals surface area contributed by atoms with Gasteiger partial charge in [-0.05, 0) is 79.8 Å². The first kappa shape index (κ1) is 31.2. The zero-order valence-corrected chi connectivity index (χ0v) is 29.9. The van der Waals surface area contributed by atoms with Crippen LogP contribution in [0.1, 0.15) is 0 Å². The van der Waals surface area contributed by atoms with Gasteiger partial charge < -0.3 is 4.57 Å². The maximum Gasteiger partial charge on any atom is 0.160 e. The third-order valence-corrected chi connectivity index (χ3v) is 11.0. The summed E-state index contributed by atoms with van der Waals surface area (Å²) in [6.45, 7) is 0. The Morgan fingerprint density at radius 1 is 0.309 bits per heavy atom. The van der Waals surface area contributed by atoms with Crippen molar-refractivity contribution in [3.63, 3.8) is 0 Å². The molecule has 0 spiro atoms. The number of benzene rings is 9. The zero-order valence-electron chi connectivity index (χ0n) is 29.9. The topological polar surface area (TPSA) is 30.7 Å². The molecular weight excluding hydrogens is 667 g/mol. The fraction of sp³-hybridized carbons (Fsp3) is 0. The van der Waals surface area contributed by atoms with Crippen LogP contribution in [0.15, 0.2) is 200 Å². The number of hydrogen-bond acceptors (Lipinski definition) is 2. The summed E-state index contributed by atoms with van der Waals surface area (Å²) in [5, 5.41) is 9.92. The van der Waals surface area contributed by atoms with Gasteiger partial charge in [-0.15, -0.1) is 0 Å². The van der Waals surface area contributed by atoms with Crippen molar-refractivity contribution in [3.05, 3.63) is 200 Å². The Morgan fingerprint density at radius 2 is 0.873 bits per heavy atom. The highest BCUT2D eigenvalue weighted by molar-refractivity contribution is 6.26. The maximum atomic E-state index is 5.30. The second-order valence-electron chi connectivity index (χ2n) is 14.1. The first-order valence-electron chi connectivity index (χ1n) is 18.7. The van der Waals surface area contributed by atoms with Crippen LogP contribution in [0, 0.1) is 0 Å². The molecule has 0 aliphatic rings. The Hall–Kier alpha value is -7.36. The molecule has 3 heteroatoms. The normalized spacial score (nSPS) is 11.6. The molecule has 0 radical (unpaired) electrons. The summed E-state index contributed by atoms with van der Waals surface area (Å²) in [6.07, 6.45) is 0. The van der Waals surface area contributed by atoms with Crippen molar-refractivity contribution in [1.29, 1.82) is 0 Å². The van der Waals surface area contributed by atoms with Crippen LogP contribution in [0.2, 0.25) is 0 Å². The van der Waals surface area contributed by atoms with Gasteiger partial charge in [-0.25, -0.2) is 9.97 Å². The molecule has 3 nitrogen and oxygen atoms in total. The van der Waals surface area contributed by atoms with Crippen LogP contribution >= 0.6 is 0 Å². The Kier molecular flexibility index (Phi) is 7.17. The average molecular weight is 700 g/mol. The van der Waals surface area contributed by atoms with Gasteiger partial charge in [0.15, 0.2) is 5.82 Å². The molecule has 2 heterocycles. The van der Waals surface area contributed by atoms with Crippen molar-refractivity contribution in [3.8, 4) is 50.7 Å². The van der Waals surface area contributed by atoms with Gasteiger partial charge in [0, 0.05) is 33.2 Å². The third kappa shape index (κ3) is 5.13. The minimum atomic E-state index is 0.705. The van der Waals surface area contributed by atoms with Gasteiger partial charge >= 0.3 is 0 Å². The lowest BCUT2D eigenvalue weighted by Gasteiger charge is -2.14. The second kappa shape index (κ2) is 12.6. The highest BCUT2D eigenvalue weighted by Gasteiger charge is 2.20. The number of aromatic nitrogens is 3. The Balaban J connectivity index is 1.22. The van der Waals surface area contributed by atoms with Gasteiger partial charge in [0.1, 0.15) is 0 Å². The molecule has 0 unspecified atom stereocenters. The molecule has 2 aromatic heterocycles. The molecule has 0 fully saturated rings. The number of rotatable bonds is 5. The van der Waals surface area contributed by atoms with Crippen molar-refractivity contribution in [2.24, 2.45) is 0 Å². The molecule has 55 heavy (non-hydrogen) atoms. The van der Waals surface area contributed by atoms with Crippen molar-refractivity contribution in [2.45, 2.75) is 0 Å². The SMILES string of the molecule is c1ccc(-c2ccc3c(c2)c2c(-c4cc(-c5ccccc5)nc(-c5ccccc5)n4)cccc2n3-c2ccc3c4ccccc4c4ccccc4c3c2)cc1. The molecule has 256 valence electrons. The third-order valence-electron chi connectivity index (χ3n) is 11.0. The Bertz CT molecular complexity index is 3140. The molecule has 0 aliphatic heterocycles. The summed E-state index contributed by atoms with van der Waals surface area (Å²) in [6, 6.07) is 71.5. The van der Waals surface area contributed by atoms with Gasteiger partial charge in [-0.1, -0.05) is 164 Å². The largest absolute Gasteiger partial charge is 0.309 e. The molecule has 0 saturated heterocycles. The minimum Gasteiger partial charge on any atom is -0.309 e. The highest BCUT2D eigenvalue weighted by atomic mass is 15.0. The minimum absolute atomic E-state index is 0.705. The Morgan fingerprint density at radius 3 is 1.55 bits per heavy atom. The van der Waals surface area contributed by atoms with E-state index in [0.717, 1.165) is 50.2 Å². The van der Waals surface area contributed by atoms with E-state index in [1.165, 1.54) is 48.8 Å². The van der Waals surface area contributed by atoms with E-state index in [1.807, 2.05) is 24.3 Å². The molecule has 11 rings (SSSR count). The summed E-state index contributed by atoms with van der Waals surface area (Å²) < 4.78 is 2.43. The van der Waals surface area contributed by atoms with Gasteiger partial charge in [0.05, 0.1) is 22.4 Å². The van der Waals surface area contributed by atoms with Crippen LogP contribution in [0.25, 0.3) is 105 Å². The molecule has 9 aromatic carbocycles. The fourth-order valence-electron chi connectivity index (χ4n) is 8.47. The van der Waals surface area contributed by atoms with Crippen molar-refractivity contribution < 1.29 is 0 Å². The van der Waals surface area contributed by atoms with Gasteiger partial charge in [-0.3, -0.25) is 0 Å². The molecule has 11 aromatic rings. The lowest BCUT2D eigenvalue weighted by molar-refractivity contribution is 1.18. The molecular formula is C52H33N3. The van der Waals surface area contributed by atoms with E-state index < -0.39 is 0 Å². The molecule has 0 atom stereocenters. The predicted molar refractivity (Wildman–Crippen MR) is 231 cm³/mol. The number of nitrogens with zero attached hydrogens (tertiary/aromatic N) is 3. The van der Waals surface area contributed by atoms with Crippen LogP contribution < -0.4 is 0 Å². The molecule has 0 aliphatic carbocycles. The van der Waals surface area contributed by atoms with Gasteiger partial charge in [0.2, 0.25) is 0 Å². The van der Waals surface area contributed by atoms with Gasteiger partial charge in [0.25, 0.3) is 0 Å². The van der Waals surface area contributed by atoms with E-state index in [2.05, 4.69) is 180 Å². The lowest BCUT2D eigenvalue weighted by Crippen LogP contribution is -1.97. The second-order valence-corrected chi connectivity index (χ2v) is 14.1. The first-order valence-corrected chi connectivity index (χ1v) is 18.7. The fourth-order valence-corrected chi connectivity index (χ4v) is 8.47. The zero-order chi connectivity index (χ0) is 36.3. The van der Waals surface area contributed by atoms with Crippen LogP contribution in [-0.2, 0) is 0 Å². The highest BCUT2D eigenvalue weighted by Crippen LogP contribution is 2.42. The molecule has 0 bridgehead atoms. The van der Waals surface area contributed by atoms with Crippen molar-refractivity contribution in [1.82, 2.24) is 14.5 Å². The quantitative estimate of drug-likeness (QED) is 0.167. The lowest BCUT2D eigenvalue weighted by atomic mass is 9.94. The summed E-state index contributed by atoms with van der Waals surface area (Å²) >= 11 is 0. The predicted octanol–water partition coefficient (Wildman–Crippen LogP) is 13.7. The smallest absolute Gasteiger partial charge is 0.160 e. The standard InChI is InChI=1S/C52H33N3/c1-4-15-34(16-5-1)37-27-30-49-46(31-37)51-44(48-33-47(35-17-6-2-7-18-35)53-52(54-48)36-19-8-3-9-20-36)25-14-26-50(51)55(49)38-28-29-43-41-23-11-10-21-39(41)40-22-12-13-24-42(40)45(43)32-38/h1-33H. The first-order chi connectivity index (χ1) is 27.3. The van der Waals surface area contributed by atoms with E-state index in [-0.39, 0.29) is 0 Å². The van der Waals surface area contributed by atoms with Crippen LogP contribution in [0.4, 0.5) is 0 Å². The van der Waals surface area contributed by atoms with Crippen LogP contribution in [-0.4, -0.2) is 14.5 Å². The van der Waals surface area contributed by atoms with Crippen LogP contribution in [0.5, 0.6) is 0 Å². The van der Waals surface area contributed by atoms with Gasteiger partial charge in [-0.2, -0.15) is 0 Å².